The molecule has 0 bridgehead atoms. The van der Waals surface area contributed by atoms with E-state index in [9.17, 15) is 15.0 Å². The molecule has 2 rings (SSSR count). The predicted octanol–water partition coefficient (Wildman–Crippen LogP) is 0.775. The number of aromatic nitrogens is 1. The van der Waals surface area contributed by atoms with Crippen LogP contribution in [0.25, 0.3) is 10.9 Å². The summed E-state index contributed by atoms with van der Waals surface area (Å²) in [6, 6.07) is 9.65. The lowest BCUT2D eigenvalue weighted by atomic mass is 9.84. The van der Waals surface area contributed by atoms with Crippen molar-refractivity contribution >= 4 is 29.9 Å². The first kappa shape index (κ1) is 14.6. The molecule has 3 N–H and O–H groups in total. The summed E-state index contributed by atoms with van der Waals surface area (Å²) >= 11 is 0. The fraction of sp³-hybridized carbons (Fsp3) is 0.357. The van der Waals surface area contributed by atoms with Gasteiger partial charge in [-0.15, -0.1) is 0 Å². The molecule has 0 aliphatic rings. The van der Waals surface area contributed by atoms with E-state index in [0.717, 1.165) is 16.5 Å². The SMILES string of the molecule is CC(C)(O)C(C)(OBc1cc2ccccc2[nH]1)C(=O)O. The molecule has 0 spiro atoms. The average molecular weight is 275 g/mol. The molecule has 0 saturated heterocycles. The summed E-state index contributed by atoms with van der Waals surface area (Å²) in [5.74, 6) is -1.19. The molecule has 0 aliphatic heterocycles. The Morgan fingerprint density at radius 3 is 2.50 bits per heavy atom. The number of fused-ring (bicyclic) bond motifs is 1. The van der Waals surface area contributed by atoms with Crippen LogP contribution in [0.15, 0.2) is 30.3 Å². The van der Waals surface area contributed by atoms with Crippen LogP contribution in [-0.2, 0) is 9.45 Å². The van der Waals surface area contributed by atoms with Crippen LogP contribution in [0.1, 0.15) is 20.8 Å². The second-order valence-electron chi connectivity index (χ2n) is 5.57. The van der Waals surface area contributed by atoms with Gasteiger partial charge in [0.2, 0.25) is 0 Å². The highest BCUT2D eigenvalue weighted by atomic mass is 16.5. The molecule has 1 unspecified atom stereocenters. The summed E-state index contributed by atoms with van der Waals surface area (Å²) in [6.07, 6.45) is 0. The smallest absolute Gasteiger partial charge is 0.337 e. The number of nitrogens with one attached hydrogen (secondary N) is 1. The van der Waals surface area contributed by atoms with E-state index in [-0.39, 0.29) is 7.48 Å². The first-order valence-electron chi connectivity index (χ1n) is 6.40. The van der Waals surface area contributed by atoms with E-state index in [1.54, 1.807) is 0 Å². The number of carboxylic acids is 1. The monoisotopic (exact) mass is 275 g/mol. The minimum Gasteiger partial charge on any atom is -0.479 e. The molecule has 106 valence electrons. The van der Waals surface area contributed by atoms with Crippen molar-refractivity contribution in [2.45, 2.75) is 32.0 Å². The zero-order valence-electron chi connectivity index (χ0n) is 11.8. The Morgan fingerprint density at radius 2 is 1.95 bits per heavy atom. The number of para-hydroxylation sites is 1. The van der Waals surface area contributed by atoms with E-state index in [1.807, 2.05) is 30.3 Å². The Balaban J connectivity index is 2.19. The van der Waals surface area contributed by atoms with Crippen molar-refractivity contribution in [3.8, 4) is 0 Å². The zero-order chi connectivity index (χ0) is 15.0. The van der Waals surface area contributed by atoms with Crippen LogP contribution in [0.3, 0.4) is 0 Å². The van der Waals surface area contributed by atoms with Gasteiger partial charge in [0.15, 0.2) is 5.60 Å². The highest BCUT2D eigenvalue weighted by Gasteiger charge is 2.47. The molecular formula is C14H18BNO4. The Morgan fingerprint density at radius 1 is 1.30 bits per heavy atom. The maximum atomic E-state index is 11.4. The number of aliphatic carboxylic acids is 1. The third-order valence-electron chi connectivity index (χ3n) is 3.68. The van der Waals surface area contributed by atoms with Crippen molar-refractivity contribution in [3.63, 3.8) is 0 Å². The molecule has 1 heterocycles. The van der Waals surface area contributed by atoms with E-state index in [0.29, 0.717) is 0 Å². The fourth-order valence-electron chi connectivity index (χ4n) is 1.93. The van der Waals surface area contributed by atoms with Crippen LogP contribution >= 0.6 is 0 Å². The van der Waals surface area contributed by atoms with Crippen molar-refractivity contribution in [2.75, 3.05) is 0 Å². The van der Waals surface area contributed by atoms with Crippen LogP contribution in [0.5, 0.6) is 0 Å². The number of benzene rings is 1. The first-order valence-corrected chi connectivity index (χ1v) is 6.40. The number of hydrogen-bond acceptors (Lipinski definition) is 3. The maximum Gasteiger partial charge on any atom is 0.337 e. The van der Waals surface area contributed by atoms with Gasteiger partial charge in [-0.05, 0) is 38.3 Å². The Bertz CT molecular complexity index is 598. The number of carbonyl (C=O) groups is 1. The van der Waals surface area contributed by atoms with Crippen LogP contribution in [0.4, 0.5) is 0 Å². The van der Waals surface area contributed by atoms with Crippen molar-refractivity contribution in [2.24, 2.45) is 0 Å². The number of rotatable bonds is 5. The van der Waals surface area contributed by atoms with Crippen molar-refractivity contribution in [1.29, 1.82) is 0 Å². The van der Waals surface area contributed by atoms with Gasteiger partial charge < -0.3 is 19.9 Å². The quantitative estimate of drug-likeness (QED) is 0.704. The van der Waals surface area contributed by atoms with Gasteiger partial charge in [-0.3, -0.25) is 0 Å². The van der Waals surface area contributed by atoms with Gasteiger partial charge in [-0.25, -0.2) is 4.79 Å². The first-order chi connectivity index (χ1) is 9.24. The van der Waals surface area contributed by atoms with Gasteiger partial charge >= 0.3 is 13.5 Å². The summed E-state index contributed by atoms with van der Waals surface area (Å²) < 4.78 is 5.49. The minimum atomic E-state index is -1.68. The topological polar surface area (TPSA) is 82.5 Å². The molecule has 5 nitrogen and oxygen atoms in total. The Kier molecular flexibility index (Phi) is 3.62. The van der Waals surface area contributed by atoms with Gasteiger partial charge in [0.05, 0.1) is 5.60 Å². The van der Waals surface area contributed by atoms with Gasteiger partial charge in [-0.2, -0.15) is 0 Å². The summed E-state index contributed by atoms with van der Waals surface area (Å²) in [6.45, 7) is 4.22. The number of aliphatic hydroxyl groups is 1. The summed E-state index contributed by atoms with van der Waals surface area (Å²) in [5.41, 5.74) is -1.44. The highest BCUT2D eigenvalue weighted by molar-refractivity contribution is 6.47. The third-order valence-corrected chi connectivity index (χ3v) is 3.68. The van der Waals surface area contributed by atoms with Crippen LogP contribution < -0.4 is 5.59 Å². The predicted molar refractivity (Wildman–Crippen MR) is 78.5 cm³/mol. The van der Waals surface area contributed by atoms with Gasteiger partial charge in [0.1, 0.15) is 0 Å². The molecule has 1 aromatic heterocycles. The standard InChI is InChI=1S/C14H18BNO4/c1-13(2,19)14(3,12(17)18)20-15-11-8-9-6-4-5-7-10(9)16-11/h4-8,15-16,19H,1-3H3,(H,17,18). The van der Waals surface area contributed by atoms with Crippen LogP contribution in [0, 0.1) is 0 Å². The summed E-state index contributed by atoms with van der Waals surface area (Å²) in [4.78, 5) is 14.5. The molecule has 0 fully saturated rings. The minimum absolute atomic E-state index is 0.0848. The largest absolute Gasteiger partial charge is 0.479 e. The maximum absolute atomic E-state index is 11.4. The second-order valence-corrected chi connectivity index (χ2v) is 5.57. The Hall–Kier alpha value is -1.79. The summed E-state index contributed by atoms with van der Waals surface area (Å²) in [5, 5.41) is 20.3. The zero-order valence-corrected chi connectivity index (χ0v) is 11.8. The van der Waals surface area contributed by atoms with E-state index < -0.39 is 17.2 Å². The highest BCUT2D eigenvalue weighted by Crippen LogP contribution is 2.25. The van der Waals surface area contributed by atoms with Crippen molar-refractivity contribution < 1.29 is 19.7 Å². The molecule has 0 aliphatic carbocycles. The lowest BCUT2D eigenvalue weighted by molar-refractivity contribution is -0.175. The van der Waals surface area contributed by atoms with Gasteiger partial charge in [0, 0.05) is 11.1 Å². The summed E-state index contributed by atoms with van der Waals surface area (Å²) in [7, 11) is 0.0848. The third kappa shape index (κ3) is 2.57. The lowest BCUT2D eigenvalue weighted by Crippen LogP contribution is -2.57. The molecule has 0 amide bonds. The molecule has 1 aromatic carbocycles. The molecule has 20 heavy (non-hydrogen) atoms. The van der Waals surface area contributed by atoms with Crippen LogP contribution in [0.2, 0.25) is 0 Å². The number of carboxylic acid groups (broad SMARTS) is 1. The van der Waals surface area contributed by atoms with Crippen molar-refractivity contribution in [1.82, 2.24) is 4.98 Å². The normalized spacial score (nSPS) is 15.0. The van der Waals surface area contributed by atoms with E-state index >= 15 is 0 Å². The van der Waals surface area contributed by atoms with Gasteiger partial charge in [0.25, 0.3) is 0 Å². The Labute approximate surface area is 117 Å². The molecule has 0 saturated carbocycles. The molecular weight excluding hydrogens is 257 g/mol. The average Bonchev–Trinajstić information content (AvgIpc) is 2.76. The van der Waals surface area contributed by atoms with Crippen LogP contribution in [-0.4, -0.2) is 39.9 Å². The number of hydrogen-bond donors (Lipinski definition) is 3. The molecule has 6 heteroatoms. The number of H-pyrrole nitrogens is 1. The van der Waals surface area contributed by atoms with Crippen molar-refractivity contribution in [3.05, 3.63) is 30.3 Å². The molecule has 2 aromatic rings. The second kappa shape index (κ2) is 4.96. The molecule has 0 radical (unpaired) electrons. The van der Waals surface area contributed by atoms with Gasteiger partial charge in [-0.1, -0.05) is 18.2 Å². The fourth-order valence-corrected chi connectivity index (χ4v) is 1.93. The number of aromatic amines is 1. The van der Waals surface area contributed by atoms with E-state index in [4.69, 9.17) is 4.65 Å². The molecule has 1 atom stereocenters. The lowest BCUT2D eigenvalue weighted by Gasteiger charge is -2.36. The van der Waals surface area contributed by atoms with E-state index in [2.05, 4.69) is 4.98 Å². The van der Waals surface area contributed by atoms with E-state index in [1.165, 1.54) is 20.8 Å².